The van der Waals surface area contributed by atoms with Gasteiger partial charge in [0.2, 0.25) is 0 Å². The molecule has 142 valence electrons. The molecule has 6 rings (SSSR count). The number of fused-ring (bicyclic) bond motifs is 1. The summed E-state index contributed by atoms with van der Waals surface area (Å²) in [5.41, 5.74) is -0.942. The van der Waals surface area contributed by atoms with Crippen LogP contribution in [-0.2, 0) is 19.0 Å². The quantitative estimate of drug-likeness (QED) is 0.494. The van der Waals surface area contributed by atoms with Crippen molar-refractivity contribution in [2.45, 2.75) is 57.2 Å². The van der Waals surface area contributed by atoms with Gasteiger partial charge in [0.15, 0.2) is 6.29 Å². The highest BCUT2D eigenvalue weighted by molar-refractivity contribution is 5.82. The van der Waals surface area contributed by atoms with Crippen molar-refractivity contribution in [1.29, 1.82) is 0 Å². The molecule has 6 nitrogen and oxygen atoms in total. The first-order valence-corrected chi connectivity index (χ1v) is 9.84. The van der Waals surface area contributed by atoms with Gasteiger partial charge in [0.05, 0.1) is 25.4 Å². The van der Waals surface area contributed by atoms with Gasteiger partial charge in [-0.1, -0.05) is 13.5 Å². The number of carbonyl (C=O) groups excluding carboxylic acids is 1. The average molecular weight is 362 g/mol. The van der Waals surface area contributed by atoms with Gasteiger partial charge in [0.1, 0.15) is 11.5 Å². The van der Waals surface area contributed by atoms with E-state index in [4.69, 9.17) is 14.2 Å². The van der Waals surface area contributed by atoms with E-state index in [1.807, 2.05) is 0 Å². The molecule has 0 aromatic carbocycles. The SMILES string of the molecule is C=C1C(O)[C@]23C[C@H]1CC(O)C2[C@]12CO[C@H]4OC[C@](C)(CC[C@@H]1OC3=O)[C@@H]42. The Hall–Kier alpha value is -0.950. The van der Waals surface area contributed by atoms with Crippen LogP contribution >= 0.6 is 0 Å². The van der Waals surface area contributed by atoms with Crippen LogP contribution in [0.4, 0.5) is 0 Å². The maximum atomic E-state index is 13.2. The molecule has 3 heterocycles. The molecule has 0 amide bonds. The first kappa shape index (κ1) is 16.0. The molecule has 3 unspecified atom stereocenters. The summed E-state index contributed by atoms with van der Waals surface area (Å²) in [5, 5.41) is 22.3. The predicted molar refractivity (Wildman–Crippen MR) is 88.6 cm³/mol. The van der Waals surface area contributed by atoms with Gasteiger partial charge in [-0.2, -0.15) is 0 Å². The molecule has 2 N–H and O–H groups in total. The lowest BCUT2D eigenvalue weighted by Gasteiger charge is -2.62. The van der Waals surface area contributed by atoms with E-state index in [0.29, 0.717) is 31.6 Å². The maximum Gasteiger partial charge on any atom is 0.315 e. The highest BCUT2D eigenvalue weighted by atomic mass is 16.7. The molecule has 3 saturated carbocycles. The molecule has 6 heteroatoms. The minimum absolute atomic E-state index is 0.0235. The van der Waals surface area contributed by atoms with Gasteiger partial charge in [-0.25, -0.2) is 0 Å². The average Bonchev–Trinajstić information content (AvgIpc) is 3.22. The minimum Gasteiger partial charge on any atom is -0.461 e. The van der Waals surface area contributed by atoms with E-state index in [0.717, 1.165) is 12.8 Å². The molecule has 3 aliphatic heterocycles. The van der Waals surface area contributed by atoms with Crippen molar-refractivity contribution in [3.63, 3.8) is 0 Å². The second-order valence-corrected chi connectivity index (χ2v) is 9.87. The van der Waals surface area contributed by atoms with Crippen LogP contribution in [-0.4, -0.2) is 54.0 Å². The van der Waals surface area contributed by atoms with Gasteiger partial charge in [0, 0.05) is 17.3 Å². The van der Waals surface area contributed by atoms with Crippen molar-refractivity contribution < 1.29 is 29.2 Å². The lowest BCUT2D eigenvalue weighted by Crippen LogP contribution is -2.71. The second kappa shape index (κ2) is 4.54. The summed E-state index contributed by atoms with van der Waals surface area (Å²) in [7, 11) is 0. The topological polar surface area (TPSA) is 85.2 Å². The molecular weight excluding hydrogens is 336 g/mol. The van der Waals surface area contributed by atoms with Gasteiger partial charge in [-0.05, 0) is 42.6 Å². The van der Waals surface area contributed by atoms with Crippen molar-refractivity contribution in [3.05, 3.63) is 12.2 Å². The smallest absolute Gasteiger partial charge is 0.315 e. The molecule has 10 atom stereocenters. The molecule has 0 aromatic rings. The third-order valence-electron chi connectivity index (χ3n) is 8.88. The summed E-state index contributed by atoms with van der Waals surface area (Å²) in [6.45, 7) is 7.34. The summed E-state index contributed by atoms with van der Waals surface area (Å²) < 4.78 is 18.1. The molecule has 6 fully saturated rings. The molecule has 3 saturated heterocycles. The van der Waals surface area contributed by atoms with Crippen molar-refractivity contribution in [3.8, 4) is 0 Å². The fourth-order valence-electron chi connectivity index (χ4n) is 7.96. The Bertz CT molecular complexity index is 721. The zero-order valence-corrected chi connectivity index (χ0v) is 15.0. The fourth-order valence-corrected chi connectivity index (χ4v) is 7.96. The molecule has 3 aliphatic carbocycles. The molecular formula is C20H26O6. The Kier molecular flexibility index (Phi) is 2.80. The number of hydrogen-bond donors (Lipinski definition) is 2. The Morgan fingerprint density at radius 3 is 2.77 bits per heavy atom. The van der Waals surface area contributed by atoms with Gasteiger partial charge < -0.3 is 24.4 Å². The highest BCUT2D eigenvalue weighted by Crippen LogP contribution is 2.73. The number of hydrogen-bond acceptors (Lipinski definition) is 6. The normalized spacial score (nSPS) is 62.5. The van der Waals surface area contributed by atoms with Crippen LogP contribution in [0.3, 0.4) is 0 Å². The van der Waals surface area contributed by atoms with E-state index < -0.39 is 23.0 Å². The standard InChI is InChI=1S/C20H26O6/c1-9-10-5-11(21)13-19(6-10,15(9)22)17(23)26-12-3-4-18(2)7-24-16-14(18)20(12,13)8-25-16/h10-16,21-22H,1,3-8H2,2H3/t10-,11?,12+,13?,14-,15?,16-,18+,19+,20+/m1/s1. The van der Waals surface area contributed by atoms with Gasteiger partial charge in [-0.3, -0.25) is 4.79 Å². The van der Waals surface area contributed by atoms with Gasteiger partial charge in [-0.15, -0.1) is 0 Å². The minimum atomic E-state index is -1.09. The van der Waals surface area contributed by atoms with Crippen molar-refractivity contribution in [1.82, 2.24) is 0 Å². The zero-order chi connectivity index (χ0) is 18.1. The summed E-state index contributed by atoms with van der Waals surface area (Å²) in [5.74, 6) is -0.664. The van der Waals surface area contributed by atoms with Crippen LogP contribution in [0.15, 0.2) is 12.2 Å². The molecule has 2 bridgehead atoms. The van der Waals surface area contributed by atoms with E-state index in [2.05, 4.69) is 13.5 Å². The van der Waals surface area contributed by atoms with Crippen LogP contribution in [0.25, 0.3) is 0 Å². The van der Waals surface area contributed by atoms with Gasteiger partial charge in [0.25, 0.3) is 0 Å². The van der Waals surface area contributed by atoms with Crippen molar-refractivity contribution in [2.75, 3.05) is 13.2 Å². The maximum absolute atomic E-state index is 13.2. The summed E-state index contributed by atoms with van der Waals surface area (Å²) in [6, 6.07) is 0. The largest absolute Gasteiger partial charge is 0.461 e. The molecule has 0 aromatic heterocycles. The monoisotopic (exact) mass is 362 g/mol. The lowest BCUT2D eigenvalue weighted by atomic mass is 9.43. The van der Waals surface area contributed by atoms with E-state index in [9.17, 15) is 15.0 Å². The van der Waals surface area contributed by atoms with E-state index in [1.54, 1.807) is 0 Å². The molecule has 0 radical (unpaired) electrons. The van der Waals surface area contributed by atoms with Crippen LogP contribution < -0.4 is 0 Å². The van der Waals surface area contributed by atoms with E-state index in [-0.39, 0.29) is 41.5 Å². The summed E-state index contributed by atoms with van der Waals surface area (Å²) in [6.07, 6.45) is 0.570. The Morgan fingerprint density at radius 2 is 1.96 bits per heavy atom. The zero-order valence-electron chi connectivity index (χ0n) is 15.0. The molecule has 26 heavy (non-hydrogen) atoms. The number of rotatable bonds is 0. The second-order valence-electron chi connectivity index (χ2n) is 9.87. The Labute approximate surface area is 152 Å². The van der Waals surface area contributed by atoms with E-state index in [1.165, 1.54) is 0 Å². The van der Waals surface area contributed by atoms with Gasteiger partial charge >= 0.3 is 5.97 Å². The summed E-state index contributed by atoms with van der Waals surface area (Å²) >= 11 is 0. The number of aliphatic hydroxyl groups is 2. The van der Waals surface area contributed by atoms with E-state index >= 15 is 0 Å². The van der Waals surface area contributed by atoms with Crippen molar-refractivity contribution >= 4 is 5.97 Å². The van der Waals surface area contributed by atoms with Crippen LogP contribution in [0.5, 0.6) is 0 Å². The number of esters is 1. The first-order chi connectivity index (χ1) is 12.3. The number of carbonyl (C=O) groups is 1. The third-order valence-corrected chi connectivity index (χ3v) is 8.88. The van der Waals surface area contributed by atoms with Crippen LogP contribution in [0, 0.1) is 34.0 Å². The highest BCUT2D eigenvalue weighted by Gasteiger charge is 2.80. The number of aliphatic hydroxyl groups excluding tert-OH is 2. The summed E-state index contributed by atoms with van der Waals surface area (Å²) in [4.78, 5) is 13.2. The Balaban J connectivity index is 1.58. The van der Waals surface area contributed by atoms with Crippen LogP contribution in [0.2, 0.25) is 0 Å². The number of ether oxygens (including phenoxy) is 3. The Morgan fingerprint density at radius 1 is 1.19 bits per heavy atom. The first-order valence-electron chi connectivity index (χ1n) is 9.84. The predicted octanol–water partition coefficient (Wildman–Crippen LogP) is 1.01. The van der Waals surface area contributed by atoms with Crippen molar-refractivity contribution in [2.24, 2.45) is 34.0 Å². The third kappa shape index (κ3) is 1.45. The fraction of sp³-hybridized carbons (Fsp3) is 0.850. The van der Waals surface area contributed by atoms with Crippen LogP contribution in [0.1, 0.15) is 32.6 Å². The molecule has 2 spiro atoms. The lowest BCUT2D eigenvalue weighted by molar-refractivity contribution is -0.259. The molecule has 6 aliphatic rings.